The average Bonchev–Trinajstić information content (AvgIpc) is 3.15. The number of hydrogen-bond donors (Lipinski definition) is 0. The number of alkyl halides is 3. The fourth-order valence-electron chi connectivity index (χ4n) is 2.84. The molecule has 0 N–H and O–H groups in total. The van der Waals surface area contributed by atoms with Gasteiger partial charge in [0.25, 0.3) is 5.91 Å². The highest BCUT2D eigenvalue weighted by molar-refractivity contribution is 5.92. The lowest BCUT2D eigenvalue weighted by Gasteiger charge is -2.15. The predicted octanol–water partition coefficient (Wildman–Crippen LogP) is 1.81. The number of hydrogen-bond acceptors (Lipinski definition) is 3. The second-order valence-corrected chi connectivity index (χ2v) is 5.65. The number of carbonyl (C=O) groups is 1. The van der Waals surface area contributed by atoms with E-state index in [-0.39, 0.29) is 17.5 Å². The first-order valence-corrected chi connectivity index (χ1v) is 7.20. The smallest absolute Gasteiger partial charge is 0.338 e. The van der Waals surface area contributed by atoms with E-state index in [1.54, 1.807) is 11.1 Å². The molecule has 1 unspecified atom stereocenters. The van der Waals surface area contributed by atoms with E-state index in [1.807, 2.05) is 17.8 Å². The number of halogens is 3. The Kier molecular flexibility index (Phi) is 3.87. The van der Waals surface area contributed by atoms with Crippen LogP contribution in [0.2, 0.25) is 0 Å². The highest BCUT2D eigenvalue weighted by atomic mass is 19.4. The molecular weight excluding hydrogens is 311 g/mol. The lowest BCUT2D eigenvalue weighted by Crippen LogP contribution is -2.29. The summed E-state index contributed by atoms with van der Waals surface area (Å²) in [5.74, 6) is 0.696. The minimum absolute atomic E-state index is 0.0368. The fraction of sp³-hybridized carbons (Fsp3) is 0.500. The highest BCUT2D eigenvalue weighted by Crippen LogP contribution is 2.26. The molecule has 1 amide bonds. The molecule has 0 aromatic carbocycles. The maximum Gasteiger partial charge on any atom is 0.408 e. The van der Waals surface area contributed by atoms with E-state index in [4.69, 9.17) is 0 Å². The Labute approximate surface area is 130 Å². The van der Waals surface area contributed by atoms with E-state index in [0.29, 0.717) is 13.1 Å². The van der Waals surface area contributed by atoms with E-state index in [2.05, 4.69) is 10.1 Å². The summed E-state index contributed by atoms with van der Waals surface area (Å²) >= 11 is 0. The van der Waals surface area contributed by atoms with Gasteiger partial charge in [-0.05, 0) is 12.5 Å². The number of rotatable bonds is 3. The van der Waals surface area contributed by atoms with Gasteiger partial charge in [0.15, 0.2) is 0 Å². The summed E-state index contributed by atoms with van der Waals surface area (Å²) in [5.41, 5.74) is 0.0368. The zero-order chi connectivity index (χ0) is 16.6. The van der Waals surface area contributed by atoms with Gasteiger partial charge in [0.1, 0.15) is 18.1 Å². The van der Waals surface area contributed by atoms with Crippen molar-refractivity contribution in [2.24, 2.45) is 7.05 Å². The molecule has 0 saturated carbocycles. The van der Waals surface area contributed by atoms with Crippen molar-refractivity contribution in [2.45, 2.75) is 25.1 Å². The lowest BCUT2D eigenvalue weighted by molar-refractivity contribution is -0.142. The summed E-state index contributed by atoms with van der Waals surface area (Å²) in [6.07, 6.45) is 1.15. The monoisotopic (exact) mass is 327 g/mol. The molecule has 23 heavy (non-hydrogen) atoms. The molecule has 1 aliphatic heterocycles. The molecular formula is C14H16F3N5O. The van der Waals surface area contributed by atoms with Crippen molar-refractivity contribution in [3.63, 3.8) is 0 Å². The van der Waals surface area contributed by atoms with Crippen molar-refractivity contribution in [1.82, 2.24) is 24.2 Å². The molecule has 1 saturated heterocycles. The van der Waals surface area contributed by atoms with Gasteiger partial charge in [0.2, 0.25) is 0 Å². The maximum atomic E-state index is 12.4. The number of amides is 1. The zero-order valence-corrected chi connectivity index (χ0v) is 12.5. The van der Waals surface area contributed by atoms with Gasteiger partial charge in [-0.2, -0.15) is 18.3 Å². The van der Waals surface area contributed by atoms with Gasteiger partial charge in [-0.3, -0.25) is 9.48 Å². The Bertz CT molecular complexity index is 705. The molecule has 3 rings (SSSR count). The van der Waals surface area contributed by atoms with Crippen molar-refractivity contribution in [1.29, 1.82) is 0 Å². The van der Waals surface area contributed by atoms with Gasteiger partial charge >= 0.3 is 6.18 Å². The van der Waals surface area contributed by atoms with E-state index in [1.165, 1.54) is 12.3 Å². The van der Waals surface area contributed by atoms with Crippen LogP contribution in [0.5, 0.6) is 0 Å². The molecule has 0 spiro atoms. The second-order valence-electron chi connectivity index (χ2n) is 5.65. The van der Waals surface area contributed by atoms with Crippen LogP contribution in [0.15, 0.2) is 24.7 Å². The second kappa shape index (κ2) is 5.71. The summed E-state index contributed by atoms with van der Waals surface area (Å²) in [4.78, 5) is 18.3. The Morgan fingerprint density at radius 2 is 2.17 bits per heavy atom. The quantitative estimate of drug-likeness (QED) is 0.864. The Balaban J connectivity index is 1.66. The first-order valence-electron chi connectivity index (χ1n) is 7.20. The van der Waals surface area contributed by atoms with Gasteiger partial charge in [-0.25, -0.2) is 4.98 Å². The predicted molar refractivity (Wildman–Crippen MR) is 74.8 cm³/mol. The minimum Gasteiger partial charge on any atom is -0.338 e. The molecule has 2 aromatic heterocycles. The molecule has 3 heterocycles. The molecule has 0 aliphatic carbocycles. The van der Waals surface area contributed by atoms with Gasteiger partial charge < -0.3 is 9.47 Å². The maximum absolute atomic E-state index is 12.4. The molecule has 9 heteroatoms. The number of aryl methyl sites for hydroxylation is 1. The average molecular weight is 327 g/mol. The summed E-state index contributed by atoms with van der Waals surface area (Å²) in [6, 6.07) is 1.32. The first kappa shape index (κ1) is 15.6. The normalized spacial score (nSPS) is 18.6. The van der Waals surface area contributed by atoms with Crippen LogP contribution in [0.1, 0.15) is 28.7 Å². The Hall–Kier alpha value is -2.32. The van der Waals surface area contributed by atoms with Crippen molar-refractivity contribution in [3.05, 3.63) is 36.2 Å². The van der Waals surface area contributed by atoms with Crippen molar-refractivity contribution in [2.75, 3.05) is 13.1 Å². The van der Waals surface area contributed by atoms with Crippen molar-refractivity contribution < 1.29 is 18.0 Å². The van der Waals surface area contributed by atoms with E-state index in [0.717, 1.165) is 16.9 Å². The highest BCUT2D eigenvalue weighted by Gasteiger charge is 2.32. The van der Waals surface area contributed by atoms with Crippen LogP contribution in [-0.4, -0.2) is 49.4 Å². The van der Waals surface area contributed by atoms with Crippen LogP contribution in [0.3, 0.4) is 0 Å². The van der Waals surface area contributed by atoms with E-state index < -0.39 is 12.7 Å². The third kappa shape index (κ3) is 3.38. The molecule has 6 nitrogen and oxygen atoms in total. The molecule has 1 fully saturated rings. The van der Waals surface area contributed by atoms with Crippen LogP contribution in [0, 0.1) is 0 Å². The van der Waals surface area contributed by atoms with Gasteiger partial charge in [0, 0.05) is 44.6 Å². The summed E-state index contributed by atoms with van der Waals surface area (Å²) in [5, 5.41) is 3.73. The molecule has 1 atom stereocenters. The largest absolute Gasteiger partial charge is 0.408 e. The van der Waals surface area contributed by atoms with Crippen molar-refractivity contribution in [3.8, 4) is 0 Å². The van der Waals surface area contributed by atoms with Gasteiger partial charge in [-0.15, -0.1) is 0 Å². The molecule has 1 aliphatic rings. The number of nitrogens with zero attached hydrogens (tertiary/aromatic N) is 5. The summed E-state index contributed by atoms with van der Waals surface area (Å²) in [6.45, 7) is -0.158. The fourth-order valence-corrected chi connectivity index (χ4v) is 2.84. The molecule has 124 valence electrons. The van der Waals surface area contributed by atoms with Crippen LogP contribution in [0.4, 0.5) is 13.2 Å². The standard InChI is InChI=1S/C14H16F3N5O/c1-20-7-4-18-12(20)10-2-5-21(8-10)13(23)11-3-6-22(19-11)9-14(15,16)17/h3-4,6-7,10H,2,5,8-9H2,1H3. The zero-order valence-electron chi connectivity index (χ0n) is 12.5. The number of carbonyl (C=O) groups excluding carboxylic acids is 1. The Morgan fingerprint density at radius 1 is 1.39 bits per heavy atom. The molecule has 0 radical (unpaired) electrons. The van der Waals surface area contributed by atoms with E-state index >= 15 is 0 Å². The number of imidazole rings is 1. The topological polar surface area (TPSA) is 56.0 Å². The van der Waals surface area contributed by atoms with E-state index in [9.17, 15) is 18.0 Å². The third-order valence-corrected chi connectivity index (χ3v) is 3.90. The van der Waals surface area contributed by atoms with Gasteiger partial charge in [-0.1, -0.05) is 0 Å². The lowest BCUT2D eigenvalue weighted by atomic mass is 10.1. The van der Waals surface area contributed by atoms with Crippen LogP contribution < -0.4 is 0 Å². The minimum atomic E-state index is -4.36. The third-order valence-electron chi connectivity index (χ3n) is 3.90. The first-order chi connectivity index (χ1) is 10.8. The molecule has 0 bridgehead atoms. The van der Waals surface area contributed by atoms with Crippen molar-refractivity contribution >= 4 is 5.91 Å². The van der Waals surface area contributed by atoms with Crippen LogP contribution >= 0.6 is 0 Å². The van der Waals surface area contributed by atoms with Crippen LogP contribution in [-0.2, 0) is 13.6 Å². The van der Waals surface area contributed by atoms with Crippen LogP contribution in [0.25, 0.3) is 0 Å². The SMILES string of the molecule is Cn1ccnc1C1CCN(C(=O)c2ccn(CC(F)(F)F)n2)C1. The number of aromatic nitrogens is 4. The summed E-state index contributed by atoms with van der Waals surface area (Å²) < 4.78 is 39.6. The molecule has 2 aromatic rings. The summed E-state index contributed by atoms with van der Waals surface area (Å²) in [7, 11) is 1.89. The van der Waals surface area contributed by atoms with Gasteiger partial charge in [0.05, 0.1) is 0 Å². The Morgan fingerprint density at radius 3 is 2.83 bits per heavy atom. The number of likely N-dealkylation sites (tertiary alicyclic amines) is 1.